The van der Waals surface area contributed by atoms with Crippen LogP contribution in [0.1, 0.15) is 31.7 Å². The van der Waals surface area contributed by atoms with E-state index in [4.69, 9.17) is 0 Å². The minimum Gasteiger partial charge on any atom is -0.356 e. The van der Waals surface area contributed by atoms with Gasteiger partial charge >= 0.3 is 0 Å². The molecule has 0 bridgehead atoms. The van der Waals surface area contributed by atoms with E-state index < -0.39 is 0 Å². The highest BCUT2D eigenvalue weighted by Gasteiger charge is 2.16. The summed E-state index contributed by atoms with van der Waals surface area (Å²) in [5.74, 6) is 0.363. The lowest BCUT2D eigenvalue weighted by Crippen LogP contribution is -2.35. The molecule has 0 radical (unpaired) electrons. The van der Waals surface area contributed by atoms with Gasteiger partial charge in [0.1, 0.15) is 5.82 Å². The topological polar surface area (TPSA) is 41.1 Å². The van der Waals surface area contributed by atoms with Gasteiger partial charge in [-0.3, -0.25) is 4.79 Å². The smallest absolute Gasteiger partial charge is 0.223 e. The van der Waals surface area contributed by atoms with Gasteiger partial charge in [0, 0.05) is 12.5 Å². The number of benzene rings is 1. The molecular weight excluding hydrogens is 267 g/mol. The second kappa shape index (κ2) is 8.13. The van der Waals surface area contributed by atoms with Crippen LogP contribution in [0.4, 0.5) is 4.39 Å². The summed E-state index contributed by atoms with van der Waals surface area (Å²) < 4.78 is 13.1. The maximum Gasteiger partial charge on any atom is 0.223 e. The Kier molecular flexibility index (Phi) is 6.18. The Morgan fingerprint density at radius 1 is 1.52 bits per heavy atom. The van der Waals surface area contributed by atoms with Crippen LogP contribution < -0.4 is 10.6 Å². The van der Waals surface area contributed by atoms with Crippen LogP contribution in [0.25, 0.3) is 0 Å². The third-order valence-corrected chi connectivity index (χ3v) is 4.13. The van der Waals surface area contributed by atoms with Gasteiger partial charge in [0.2, 0.25) is 5.91 Å². The second-order valence-corrected chi connectivity index (χ2v) is 6.03. The third kappa shape index (κ3) is 5.46. The van der Waals surface area contributed by atoms with Gasteiger partial charge in [-0.1, -0.05) is 19.1 Å². The molecule has 1 aromatic rings. The van der Waals surface area contributed by atoms with E-state index in [2.05, 4.69) is 10.6 Å². The van der Waals surface area contributed by atoms with Crippen LogP contribution in [0.2, 0.25) is 0 Å². The van der Waals surface area contributed by atoms with Crippen molar-refractivity contribution in [3.63, 3.8) is 0 Å². The van der Waals surface area contributed by atoms with Crippen LogP contribution in [0.15, 0.2) is 24.3 Å². The van der Waals surface area contributed by atoms with Gasteiger partial charge in [-0.2, -0.15) is 0 Å². The van der Waals surface area contributed by atoms with Gasteiger partial charge < -0.3 is 10.6 Å². The molecule has 1 amide bonds. The molecule has 21 heavy (non-hydrogen) atoms. The van der Waals surface area contributed by atoms with Gasteiger partial charge in [-0.25, -0.2) is 4.39 Å². The summed E-state index contributed by atoms with van der Waals surface area (Å²) in [6.45, 7) is 4.81. The highest BCUT2D eigenvalue weighted by Crippen LogP contribution is 2.14. The lowest BCUT2D eigenvalue weighted by molar-refractivity contribution is -0.124. The van der Waals surface area contributed by atoms with Crippen LogP contribution >= 0.6 is 0 Å². The molecule has 0 aliphatic carbocycles. The van der Waals surface area contributed by atoms with Crippen molar-refractivity contribution >= 4 is 5.91 Å². The average Bonchev–Trinajstić information content (AvgIpc) is 2.48. The third-order valence-electron chi connectivity index (χ3n) is 4.13. The highest BCUT2D eigenvalue weighted by atomic mass is 19.1. The summed E-state index contributed by atoms with van der Waals surface area (Å²) in [4.78, 5) is 12.1. The number of piperidine rings is 1. The number of carbonyl (C=O) groups excluding carboxylic acids is 1. The van der Waals surface area contributed by atoms with Crippen LogP contribution in [0.3, 0.4) is 0 Å². The summed E-state index contributed by atoms with van der Waals surface area (Å²) in [6, 6.07) is 6.47. The summed E-state index contributed by atoms with van der Waals surface area (Å²) in [5.41, 5.74) is 0.870. The molecule has 0 spiro atoms. The molecule has 1 heterocycles. The van der Waals surface area contributed by atoms with Crippen molar-refractivity contribution in [2.24, 2.45) is 11.8 Å². The molecular formula is C17H25FN2O. The van der Waals surface area contributed by atoms with E-state index in [-0.39, 0.29) is 17.6 Å². The van der Waals surface area contributed by atoms with E-state index >= 15 is 0 Å². The van der Waals surface area contributed by atoms with Crippen molar-refractivity contribution in [3.05, 3.63) is 35.6 Å². The molecule has 0 saturated carbocycles. The SMILES string of the molecule is CC(Cc1cccc(F)c1)C(=O)NCCC1CCCNC1. The molecule has 0 aromatic heterocycles. The molecule has 2 N–H and O–H groups in total. The number of halogens is 1. The van der Waals surface area contributed by atoms with Gasteiger partial charge in [0.05, 0.1) is 0 Å². The van der Waals surface area contributed by atoms with Crippen molar-refractivity contribution < 1.29 is 9.18 Å². The predicted molar refractivity (Wildman–Crippen MR) is 82.5 cm³/mol. The number of nitrogens with one attached hydrogen (secondary N) is 2. The Bertz CT molecular complexity index is 458. The molecule has 2 atom stereocenters. The average molecular weight is 292 g/mol. The first kappa shape index (κ1) is 16.0. The fraction of sp³-hybridized carbons (Fsp3) is 0.588. The van der Waals surface area contributed by atoms with E-state index in [0.29, 0.717) is 12.3 Å². The fourth-order valence-corrected chi connectivity index (χ4v) is 2.85. The number of rotatable bonds is 6. The molecule has 1 aliphatic rings. The normalized spacial score (nSPS) is 20.0. The Balaban J connectivity index is 1.69. The molecule has 2 unspecified atom stereocenters. The largest absolute Gasteiger partial charge is 0.356 e. The first-order valence-corrected chi connectivity index (χ1v) is 7.88. The molecule has 1 aliphatic heterocycles. The van der Waals surface area contributed by atoms with Crippen LogP contribution in [-0.2, 0) is 11.2 Å². The van der Waals surface area contributed by atoms with E-state index in [1.54, 1.807) is 6.07 Å². The molecule has 1 aromatic carbocycles. The summed E-state index contributed by atoms with van der Waals surface area (Å²) >= 11 is 0. The highest BCUT2D eigenvalue weighted by molar-refractivity contribution is 5.78. The van der Waals surface area contributed by atoms with Crippen LogP contribution in [0, 0.1) is 17.7 Å². The summed E-state index contributed by atoms with van der Waals surface area (Å²) in [6.07, 6.45) is 4.09. The summed E-state index contributed by atoms with van der Waals surface area (Å²) in [7, 11) is 0. The van der Waals surface area contributed by atoms with Crippen molar-refractivity contribution in [1.82, 2.24) is 10.6 Å². The Morgan fingerprint density at radius 3 is 3.10 bits per heavy atom. The quantitative estimate of drug-likeness (QED) is 0.846. The van der Waals surface area contributed by atoms with E-state index in [1.807, 2.05) is 13.0 Å². The lowest BCUT2D eigenvalue weighted by Gasteiger charge is -2.23. The van der Waals surface area contributed by atoms with Crippen molar-refractivity contribution in [2.75, 3.05) is 19.6 Å². The zero-order chi connectivity index (χ0) is 15.1. The first-order valence-electron chi connectivity index (χ1n) is 7.88. The molecule has 116 valence electrons. The second-order valence-electron chi connectivity index (χ2n) is 6.03. The van der Waals surface area contributed by atoms with Gasteiger partial charge in [-0.15, -0.1) is 0 Å². The maximum absolute atomic E-state index is 13.1. The first-order chi connectivity index (χ1) is 10.1. The molecule has 4 heteroatoms. The van der Waals surface area contributed by atoms with E-state index in [1.165, 1.54) is 25.0 Å². The monoisotopic (exact) mass is 292 g/mol. The molecule has 3 nitrogen and oxygen atoms in total. The van der Waals surface area contributed by atoms with Crippen molar-refractivity contribution in [1.29, 1.82) is 0 Å². The number of hydrogen-bond donors (Lipinski definition) is 2. The Labute approximate surface area is 126 Å². The molecule has 1 fully saturated rings. The zero-order valence-corrected chi connectivity index (χ0v) is 12.7. The number of carbonyl (C=O) groups is 1. The Hall–Kier alpha value is -1.42. The fourth-order valence-electron chi connectivity index (χ4n) is 2.85. The predicted octanol–water partition coefficient (Wildman–Crippen LogP) is 2.51. The maximum atomic E-state index is 13.1. The van der Waals surface area contributed by atoms with Crippen LogP contribution in [0.5, 0.6) is 0 Å². The lowest BCUT2D eigenvalue weighted by atomic mass is 9.96. The standard InChI is InChI=1S/C17H25FN2O/c1-13(10-15-4-2-6-16(18)11-15)17(21)20-9-7-14-5-3-8-19-12-14/h2,4,6,11,13-14,19H,3,5,7-10,12H2,1H3,(H,20,21). The van der Waals surface area contributed by atoms with E-state index in [9.17, 15) is 9.18 Å². The minimum atomic E-state index is -0.245. The van der Waals surface area contributed by atoms with Gasteiger partial charge in [-0.05, 0) is 62.4 Å². The van der Waals surface area contributed by atoms with Crippen molar-refractivity contribution in [3.8, 4) is 0 Å². The Morgan fingerprint density at radius 2 is 2.38 bits per heavy atom. The van der Waals surface area contributed by atoms with Crippen LogP contribution in [-0.4, -0.2) is 25.5 Å². The van der Waals surface area contributed by atoms with Crippen molar-refractivity contribution in [2.45, 2.75) is 32.6 Å². The zero-order valence-electron chi connectivity index (χ0n) is 12.7. The summed E-state index contributed by atoms with van der Waals surface area (Å²) in [5, 5.41) is 6.39. The van der Waals surface area contributed by atoms with Gasteiger partial charge in [0.15, 0.2) is 0 Å². The molecule has 1 saturated heterocycles. The number of amides is 1. The number of hydrogen-bond acceptors (Lipinski definition) is 2. The van der Waals surface area contributed by atoms with E-state index in [0.717, 1.165) is 31.6 Å². The van der Waals surface area contributed by atoms with Gasteiger partial charge in [0.25, 0.3) is 0 Å². The molecule has 2 rings (SSSR count). The minimum absolute atomic E-state index is 0.0584.